The molecule has 0 aromatic heterocycles. The van der Waals surface area contributed by atoms with Crippen LogP contribution in [-0.4, -0.2) is 64.5 Å². The van der Waals surface area contributed by atoms with Gasteiger partial charge in [0.15, 0.2) is 0 Å². The fourth-order valence-corrected chi connectivity index (χ4v) is 2.47. The molecule has 8 nitrogen and oxygen atoms in total. The molecule has 2 N–H and O–H groups in total. The minimum Gasteiger partial charge on any atom is -0.494 e. The van der Waals surface area contributed by atoms with Gasteiger partial charge in [0.25, 0.3) is 0 Å². The van der Waals surface area contributed by atoms with Crippen molar-refractivity contribution in [1.82, 2.24) is 9.80 Å². The van der Waals surface area contributed by atoms with Gasteiger partial charge in [-0.1, -0.05) is 0 Å². The van der Waals surface area contributed by atoms with E-state index in [1.165, 1.54) is 9.80 Å². The number of amides is 2. The van der Waals surface area contributed by atoms with Crippen LogP contribution >= 0.6 is 0 Å². The van der Waals surface area contributed by atoms with Crippen LogP contribution in [0.25, 0.3) is 0 Å². The van der Waals surface area contributed by atoms with E-state index in [-0.39, 0.29) is 26.2 Å². The lowest BCUT2D eigenvalue weighted by atomic mass is 10.1. The Bertz CT molecular complexity index is 611. The number of piperazine rings is 1. The normalized spacial score (nSPS) is 17.4. The molecule has 23 heavy (non-hydrogen) atoms. The summed E-state index contributed by atoms with van der Waals surface area (Å²) in [5, 5.41) is 27.0. The Kier molecular flexibility index (Phi) is 5.25. The third kappa shape index (κ3) is 4.26. The number of carbonyl (C=O) groups is 2. The predicted octanol–water partition coefficient (Wildman–Crippen LogP) is 1.67. The molecule has 0 saturated carbocycles. The van der Waals surface area contributed by atoms with Crippen LogP contribution in [0.4, 0.5) is 9.59 Å². The van der Waals surface area contributed by atoms with Crippen LogP contribution in [0.5, 0.6) is 5.75 Å². The molecule has 1 saturated heterocycles. The number of benzene rings is 1. The summed E-state index contributed by atoms with van der Waals surface area (Å²) in [7, 11) is 0. The van der Waals surface area contributed by atoms with Gasteiger partial charge in [-0.25, -0.2) is 9.59 Å². The van der Waals surface area contributed by atoms with E-state index >= 15 is 0 Å². The molecule has 1 heterocycles. The molecule has 2 rings (SSSR count). The lowest BCUT2D eigenvalue weighted by Crippen LogP contribution is -2.56. The molecule has 0 unspecified atom stereocenters. The van der Waals surface area contributed by atoms with Crippen LogP contribution in [-0.2, 0) is 0 Å². The highest BCUT2D eigenvalue weighted by molar-refractivity contribution is 5.68. The summed E-state index contributed by atoms with van der Waals surface area (Å²) in [6.07, 6.45) is -1.72. The summed E-state index contributed by atoms with van der Waals surface area (Å²) in [4.78, 5) is 24.7. The van der Waals surface area contributed by atoms with Gasteiger partial charge in [0.05, 0.1) is 24.3 Å². The van der Waals surface area contributed by atoms with Crippen LogP contribution in [0, 0.1) is 11.3 Å². The first kappa shape index (κ1) is 16.4. The smallest absolute Gasteiger partial charge is 0.407 e. The number of rotatable bonds is 4. The lowest BCUT2D eigenvalue weighted by molar-refractivity contribution is 0.0562. The molecule has 8 heteroatoms. The minimum absolute atomic E-state index is 0.137. The maximum absolute atomic E-state index is 11.2. The minimum atomic E-state index is -1.06. The third-order valence-corrected chi connectivity index (χ3v) is 3.70. The van der Waals surface area contributed by atoms with Crippen LogP contribution in [0.3, 0.4) is 0 Å². The fourth-order valence-electron chi connectivity index (χ4n) is 2.47. The molecular formula is C15H17N3O5. The summed E-state index contributed by atoms with van der Waals surface area (Å²) in [5.74, 6) is 0.580. The van der Waals surface area contributed by atoms with Crippen molar-refractivity contribution in [3.8, 4) is 11.8 Å². The number of nitriles is 1. The van der Waals surface area contributed by atoms with Gasteiger partial charge in [0, 0.05) is 26.1 Å². The Morgan fingerprint density at radius 2 is 1.91 bits per heavy atom. The molecule has 1 aliphatic heterocycles. The standard InChI is InChI=1S/C15H17N3O5/c16-9-11-1-3-13(4-2-11)23-8-5-12-10-17(14(19)20)6-7-18(12)15(21)22/h1-4,12H,5-8,10H2,(H,19,20)(H,21,22)/t12-/m1/s1. The molecular weight excluding hydrogens is 302 g/mol. The lowest BCUT2D eigenvalue weighted by Gasteiger charge is -2.38. The quantitative estimate of drug-likeness (QED) is 0.872. The van der Waals surface area contributed by atoms with Gasteiger partial charge in [-0.2, -0.15) is 5.26 Å². The molecule has 1 aromatic rings. The van der Waals surface area contributed by atoms with E-state index in [0.717, 1.165) is 0 Å². The molecule has 2 amide bonds. The SMILES string of the molecule is N#Cc1ccc(OCC[C@@H]2CN(C(=O)O)CCN2C(=O)O)cc1. The van der Waals surface area contributed by atoms with E-state index in [4.69, 9.17) is 15.1 Å². The van der Waals surface area contributed by atoms with Gasteiger partial charge < -0.3 is 24.7 Å². The van der Waals surface area contributed by atoms with Gasteiger partial charge >= 0.3 is 12.2 Å². The van der Waals surface area contributed by atoms with Crippen LogP contribution in [0.15, 0.2) is 24.3 Å². The number of nitrogens with zero attached hydrogens (tertiary/aromatic N) is 3. The van der Waals surface area contributed by atoms with Crippen molar-refractivity contribution in [3.63, 3.8) is 0 Å². The Balaban J connectivity index is 1.91. The summed E-state index contributed by atoms with van der Waals surface area (Å²) >= 11 is 0. The molecule has 0 spiro atoms. The van der Waals surface area contributed by atoms with Crippen molar-refractivity contribution >= 4 is 12.2 Å². The van der Waals surface area contributed by atoms with Crippen LogP contribution < -0.4 is 4.74 Å². The van der Waals surface area contributed by atoms with Crippen LogP contribution in [0.1, 0.15) is 12.0 Å². The maximum Gasteiger partial charge on any atom is 0.407 e. The summed E-state index contributed by atoms with van der Waals surface area (Å²) in [5.41, 5.74) is 0.527. The first-order valence-electron chi connectivity index (χ1n) is 7.11. The Morgan fingerprint density at radius 1 is 1.22 bits per heavy atom. The average Bonchev–Trinajstić information content (AvgIpc) is 2.55. The van der Waals surface area contributed by atoms with Crippen molar-refractivity contribution in [3.05, 3.63) is 29.8 Å². The molecule has 1 aliphatic rings. The third-order valence-electron chi connectivity index (χ3n) is 3.70. The molecule has 1 fully saturated rings. The Morgan fingerprint density at radius 3 is 2.48 bits per heavy atom. The number of carboxylic acid groups (broad SMARTS) is 2. The number of ether oxygens (including phenoxy) is 1. The highest BCUT2D eigenvalue weighted by atomic mass is 16.5. The molecule has 122 valence electrons. The summed E-state index contributed by atoms with van der Waals surface area (Å²) in [6.45, 7) is 0.726. The molecule has 0 bridgehead atoms. The predicted molar refractivity (Wildman–Crippen MR) is 79.4 cm³/mol. The second kappa shape index (κ2) is 7.35. The van der Waals surface area contributed by atoms with Gasteiger partial charge in [-0.05, 0) is 24.3 Å². The van der Waals surface area contributed by atoms with Crippen LogP contribution in [0.2, 0.25) is 0 Å². The van der Waals surface area contributed by atoms with E-state index in [1.54, 1.807) is 24.3 Å². The largest absolute Gasteiger partial charge is 0.494 e. The second-order valence-corrected chi connectivity index (χ2v) is 5.13. The van der Waals surface area contributed by atoms with E-state index in [2.05, 4.69) is 0 Å². The molecule has 0 radical (unpaired) electrons. The number of hydrogen-bond acceptors (Lipinski definition) is 4. The fraction of sp³-hybridized carbons (Fsp3) is 0.400. The zero-order chi connectivity index (χ0) is 16.8. The Hall–Kier alpha value is -2.95. The topological polar surface area (TPSA) is 114 Å². The Labute approximate surface area is 133 Å². The maximum atomic E-state index is 11.2. The van der Waals surface area contributed by atoms with Gasteiger partial charge in [-0.15, -0.1) is 0 Å². The van der Waals surface area contributed by atoms with Crippen molar-refractivity contribution in [2.75, 3.05) is 26.2 Å². The van der Waals surface area contributed by atoms with Crippen molar-refractivity contribution in [2.45, 2.75) is 12.5 Å². The van der Waals surface area contributed by atoms with E-state index in [1.807, 2.05) is 6.07 Å². The summed E-state index contributed by atoms with van der Waals surface area (Å²) in [6, 6.07) is 8.16. The summed E-state index contributed by atoms with van der Waals surface area (Å²) < 4.78 is 5.54. The van der Waals surface area contributed by atoms with Crippen molar-refractivity contribution in [1.29, 1.82) is 5.26 Å². The van der Waals surface area contributed by atoms with E-state index < -0.39 is 18.2 Å². The van der Waals surface area contributed by atoms with Gasteiger partial charge in [0.2, 0.25) is 0 Å². The van der Waals surface area contributed by atoms with E-state index in [0.29, 0.717) is 17.7 Å². The van der Waals surface area contributed by atoms with E-state index in [9.17, 15) is 14.7 Å². The van der Waals surface area contributed by atoms with Crippen molar-refractivity contribution < 1.29 is 24.5 Å². The molecule has 1 aromatic carbocycles. The average molecular weight is 319 g/mol. The second-order valence-electron chi connectivity index (χ2n) is 5.13. The van der Waals surface area contributed by atoms with Gasteiger partial charge in [0.1, 0.15) is 5.75 Å². The zero-order valence-corrected chi connectivity index (χ0v) is 12.4. The first-order chi connectivity index (χ1) is 11.0. The monoisotopic (exact) mass is 319 g/mol. The zero-order valence-electron chi connectivity index (χ0n) is 12.4. The highest BCUT2D eigenvalue weighted by Gasteiger charge is 2.32. The highest BCUT2D eigenvalue weighted by Crippen LogP contribution is 2.16. The molecule has 0 aliphatic carbocycles. The van der Waals surface area contributed by atoms with Crippen molar-refractivity contribution in [2.24, 2.45) is 0 Å². The van der Waals surface area contributed by atoms with Gasteiger partial charge in [-0.3, -0.25) is 0 Å². The molecule has 1 atom stereocenters. The number of hydrogen-bond donors (Lipinski definition) is 2. The first-order valence-corrected chi connectivity index (χ1v) is 7.11.